The summed E-state index contributed by atoms with van der Waals surface area (Å²) in [6.45, 7) is 5.52. The Morgan fingerprint density at radius 2 is 1.75 bits per heavy atom. The Morgan fingerprint density at radius 1 is 1.05 bits per heavy atom. The summed E-state index contributed by atoms with van der Waals surface area (Å²) in [4.78, 5) is 24.3. The molecular weight excluding hydrogens is 517 g/mol. The molecule has 4 aromatic rings. The molecule has 2 N–H and O–H groups in total. The molecule has 0 bridgehead atoms. The zero-order valence-corrected chi connectivity index (χ0v) is 22.8. The first kappa shape index (κ1) is 28.9. The number of pyridine rings is 1. The van der Waals surface area contributed by atoms with Crippen molar-refractivity contribution in [1.29, 1.82) is 0 Å². The van der Waals surface area contributed by atoms with Gasteiger partial charge in [0.25, 0.3) is 5.91 Å². The minimum absolute atomic E-state index is 0.00560. The standard InChI is InChI=1S/C30H33F3N6O/c1-30(2,3)26(38(16-13-23(34)18-31)29(40)21-11-14-35-15-12-21)28-36-27(24-17-22(32)9-10-25(24)33)37-39(28)19-20-7-5-4-6-8-20/h4-12,14-15,17,23,26H,13,16,18-19,34H2,1-3H3. The van der Waals surface area contributed by atoms with Gasteiger partial charge in [0, 0.05) is 30.5 Å². The first-order chi connectivity index (χ1) is 19.1. The van der Waals surface area contributed by atoms with E-state index in [4.69, 9.17) is 10.7 Å². The molecule has 10 heteroatoms. The third-order valence-corrected chi connectivity index (χ3v) is 6.55. The van der Waals surface area contributed by atoms with Gasteiger partial charge in [-0.3, -0.25) is 9.78 Å². The molecule has 7 nitrogen and oxygen atoms in total. The first-order valence-corrected chi connectivity index (χ1v) is 13.0. The van der Waals surface area contributed by atoms with Gasteiger partial charge in [-0.1, -0.05) is 51.1 Å². The van der Waals surface area contributed by atoms with E-state index in [1.807, 2.05) is 51.1 Å². The second-order valence-electron chi connectivity index (χ2n) is 10.8. The van der Waals surface area contributed by atoms with Crippen LogP contribution in [-0.2, 0) is 6.54 Å². The Bertz CT molecular complexity index is 1420. The number of benzene rings is 2. The topological polar surface area (TPSA) is 89.9 Å². The summed E-state index contributed by atoms with van der Waals surface area (Å²) < 4.78 is 44.0. The second-order valence-corrected chi connectivity index (χ2v) is 10.8. The predicted molar refractivity (Wildman–Crippen MR) is 147 cm³/mol. The highest BCUT2D eigenvalue weighted by Gasteiger charge is 2.39. The maximum Gasteiger partial charge on any atom is 0.254 e. The van der Waals surface area contributed by atoms with Crippen molar-refractivity contribution in [1.82, 2.24) is 24.6 Å². The van der Waals surface area contributed by atoms with E-state index in [1.165, 1.54) is 12.4 Å². The summed E-state index contributed by atoms with van der Waals surface area (Å²) in [7, 11) is 0. The van der Waals surface area contributed by atoms with E-state index in [-0.39, 0.29) is 36.8 Å². The van der Waals surface area contributed by atoms with Crippen LogP contribution in [0.3, 0.4) is 0 Å². The third-order valence-electron chi connectivity index (χ3n) is 6.55. The number of nitrogens with two attached hydrogens (primary N) is 1. The van der Waals surface area contributed by atoms with Gasteiger partial charge in [-0.15, -0.1) is 0 Å². The fourth-order valence-electron chi connectivity index (χ4n) is 4.60. The molecule has 0 aliphatic rings. The zero-order valence-electron chi connectivity index (χ0n) is 22.8. The maximum absolute atomic E-state index is 14.8. The van der Waals surface area contributed by atoms with Gasteiger partial charge >= 0.3 is 0 Å². The summed E-state index contributed by atoms with van der Waals surface area (Å²) in [6, 6.07) is 14.4. The lowest BCUT2D eigenvalue weighted by Gasteiger charge is -2.40. The molecule has 2 aromatic carbocycles. The second kappa shape index (κ2) is 12.4. The number of hydrogen-bond donors (Lipinski definition) is 1. The number of amides is 1. The molecule has 40 heavy (non-hydrogen) atoms. The Kier molecular flexibility index (Phi) is 8.99. The van der Waals surface area contributed by atoms with E-state index in [2.05, 4.69) is 10.1 Å². The minimum atomic E-state index is -0.757. The van der Waals surface area contributed by atoms with Gasteiger partial charge in [0.2, 0.25) is 0 Å². The van der Waals surface area contributed by atoms with Crippen LogP contribution in [0.5, 0.6) is 0 Å². The van der Waals surface area contributed by atoms with E-state index < -0.39 is 35.8 Å². The fraction of sp³-hybridized carbons (Fsp3) is 0.333. The zero-order chi connectivity index (χ0) is 28.9. The van der Waals surface area contributed by atoms with Crippen molar-refractivity contribution in [3.05, 3.63) is 102 Å². The van der Waals surface area contributed by atoms with Crippen molar-refractivity contribution < 1.29 is 18.0 Å². The average molecular weight is 551 g/mol. The Hall–Kier alpha value is -4.05. The van der Waals surface area contributed by atoms with Crippen molar-refractivity contribution in [2.75, 3.05) is 13.2 Å². The number of alkyl halides is 1. The quantitative estimate of drug-likeness (QED) is 0.278. The van der Waals surface area contributed by atoms with Crippen molar-refractivity contribution >= 4 is 5.91 Å². The molecule has 2 unspecified atom stereocenters. The highest BCUT2D eigenvalue weighted by atomic mass is 19.1. The highest BCUT2D eigenvalue weighted by Crippen LogP contribution is 2.39. The number of rotatable bonds is 10. The van der Waals surface area contributed by atoms with E-state index >= 15 is 0 Å². The third kappa shape index (κ3) is 6.74. The molecule has 2 atom stereocenters. The van der Waals surface area contributed by atoms with E-state index in [1.54, 1.807) is 21.7 Å². The maximum atomic E-state index is 14.8. The summed E-state index contributed by atoms with van der Waals surface area (Å²) in [5, 5.41) is 4.60. The van der Waals surface area contributed by atoms with Crippen LogP contribution < -0.4 is 5.73 Å². The van der Waals surface area contributed by atoms with E-state index in [9.17, 15) is 18.0 Å². The van der Waals surface area contributed by atoms with Crippen molar-refractivity contribution in [3.63, 3.8) is 0 Å². The van der Waals surface area contributed by atoms with Gasteiger partial charge in [0.05, 0.1) is 18.2 Å². The molecule has 0 saturated heterocycles. The molecule has 0 radical (unpaired) electrons. The molecular formula is C30H33F3N6O. The monoisotopic (exact) mass is 550 g/mol. The van der Waals surface area contributed by atoms with Crippen LogP contribution in [0.15, 0.2) is 73.1 Å². The van der Waals surface area contributed by atoms with E-state index in [0.717, 1.165) is 23.8 Å². The molecule has 2 heterocycles. The Morgan fingerprint density at radius 3 is 2.40 bits per heavy atom. The van der Waals surface area contributed by atoms with E-state index in [0.29, 0.717) is 11.4 Å². The van der Waals surface area contributed by atoms with Crippen LogP contribution in [0.2, 0.25) is 0 Å². The smallest absolute Gasteiger partial charge is 0.254 e. The number of hydrogen-bond acceptors (Lipinski definition) is 5. The summed E-state index contributed by atoms with van der Waals surface area (Å²) in [5.41, 5.74) is 6.51. The number of carbonyl (C=O) groups is 1. The molecule has 210 valence electrons. The van der Waals surface area contributed by atoms with Crippen molar-refractivity contribution in [2.24, 2.45) is 11.1 Å². The van der Waals surface area contributed by atoms with Crippen LogP contribution in [0.1, 0.15) is 55.0 Å². The molecule has 2 aromatic heterocycles. The average Bonchev–Trinajstić information content (AvgIpc) is 3.34. The molecule has 4 rings (SSSR count). The van der Waals surface area contributed by atoms with Crippen molar-refractivity contribution in [3.8, 4) is 11.4 Å². The van der Waals surface area contributed by atoms with Gasteiger partial charge < -0.3 is 10.6 Å². The summed E-state index contributed by atoms with van der Waals surface area (Å²) in [6.07, 6.45) is 3.25. The van der Waals surface area contributed by atoms with Crippen LogP contribution >= 0.6 is 0 Å². The minimum Gasteiger partial charge on any atom is -0.328 e. The summed E-state index contributed by atoms with van der Waals surface area (Å²) >= 11 is 0. The van der Waals surface area contributed by atoms with Crippen LogP contribution in [-0.4, -0.2) is 49.8 Å². The lowest BCUT2D eigenvalue weighted by atomic mass is 9.84. The Labute approximate surface area is 231 Å². The number of halogens is 3. The lowest BCUT2D eigenvalue weighted by Crippen LogP contribution is -2.44. The fourth-order valence-corrected chi connectivity index (χ4v) is 4.60. The normalized spacial score (nSPS) is 13.2. The number of aromatic nitrogens is 4. The molecule has 0 aliphatic heterocycles. The molecule has 0 aliphatic carbocycles. The lowest BCUT2D eigenvalue weighted by molar-refractivity contribution is 0.0469. The number of nitrogens with zero attached hydrogens (tertiary/aromatic N) is 5. The van der Waals surface area contributed by atoms with Crippen LogP contribution in [0.4, 0.5) is 13.2 Å². The molecule has 0 fully saturated rings. The van der Waals surface area contributed by atoms with Crippen LogP contribution in [0, 0.1) is 17.0 Å². The predicted octanol–water partition coefficient (Wildman–Crippen LogP) is 5.58. The van der Waals surface area contributed by atoms with Gasteiger partial charge in [-0.25, -0.2) is 22.8 Å². The molecule has 0 saturated carbocycles. The SMILES string of the molecule is CC(C)(C)C(c1nc(-c2cc(F)ccc2F)nn1Cc1ccccc1)N(CCC(N)CF)C(=O)c1ccncc1. The first-order valence-electron chi connectivity index (χ1n) is 13.0. The highest BCUT2D eigenvalue weighted by molar-refractivity contribution is 5.94. The molecule has 1 amide bonds. The van der Waals surface area contributed by atoms with Gasteiger partial charge in [0.15, 0.2) is 11.6 Å². The number of carbonyl (C=O) groups excluding carboxylic acids is 1. The van der Waals surface area contributed by atoms with Gasteiger partial charge in [0.1, 0.15) is 18.3 Å². The largest absolute Gasteiger partial charge is 0.328 e. The molecule has 0 spiro atoms. The summed E-state index contributed by atoms with van der Waals surface area (Å²) in [5.74, 6) is -1.24. The van der Waals surface area contributed by atoms with Crippen LogP contribution in [0.25, 0.3) is 11.4 Å². The van der Waals surface area contributed by atoms with Crippen molar-refractivity contribution in [2.45, 2.75) is 45.8 Å². The van der Waals surface area contributed by atoms with Gasteiger partial charge in [-0.05, 0) is 47.7 Å². The Balaban J connectivity index is 1.90. The van der Waals surface area contributed by atoms with Gasteiger partial charge in [-0.2, -0.15) is 5.10 Å².